The molecule has 4 rings (SSSR count). The number of carbonyl (C=O) groups is 2. The highest BCUT2D eigenvalue weighted by Crippen LogP contribution is 2.30. The number of nitrogens with zero attached hydrogens (tertiary/aromatic N) is 2. The molecule has 0 bridgehead atoms. The lowest BCUT2D eigenvalue weighted by atomic mass is 10.0. The van der Waals surface area contributed by atoms with Crippen molar-refractivity contribution in [1.29, 1.82) is 0 Å². The van der Waals surface area contributed by atoms with Crippen LogP contribution in [0.1, 0.15) is 49.7 Å². The smallest absolute Gasteiger partial charge is 0.243 e. The molecule has 0 unspecified atom stereocenters. The van der Waals surface area contributed by atoms with E-state index in [1.807, 2.05) is 42.5 Å². The van der Waals surface area contributed by atoms with Crippen LogP contribution in [0.4, 0.5) is 5.69 Å². The molecule has 0 radical (unpaired) electrons. The van der Waals surface area contributed by atoms with Gasteiger partial charge in [-0.3, -0.25) is 13.9 Å². The van der Waals surface area contributed by atoms with Crippen LogP contribution in [0.2, 0.25) is 5.02 Å². The van der Waals surface area contributed by atoms with E-state index in [4.69, 9.17) is 16.3 Å². The van der Waals surface area contributed by atoms with Gasteiger partial charge < -0.3 is 15.0 Å². The SMILES string of the molecule is COc1ccccc1N(CCCC(=O)N(Cc1ccc(Cl)cc1)[C@@H](Cc1ccccc1)C(=O)NC1CCCC1)S(C)(=O)=O. The quantitative estimate of drug-likeness (QED) is 0.252. The summed E-state index contributed by atoms with van der Waals surface area (Å²) < 4.78 is 32.2. The molecule has 3 aromatic rings. The van der Waals surface area contributed by atoms with E-state index in [1.54, 1.807) is 41.3 Å². The Morgan fingerprint density at radius 2 is 1.60 bits per heavy atom. The van der Waals surface area contributed by atoms with E-state index in [1.165, 1.54) is 11.4 Å². The summed E-state index contributed by atoms with van der Waals surface area (Å²) in [6.45, 7) is 0.297. The number of para-hydroxylation sites is 2. The van der Waals surface area contributed by atoms with E-state index in [2.05, 4.69) is 5.32 Å². The molecule has 1 fully saturated rings. The molecule has 43 heavy (non-hydrogen) atoms. The number of anilines is 1. The molecule has 1 atom stereocenters. The molecule has 3 aromatic carbocycles. The molecule has 0 heterocycles. The molecule has 230 valence electrons. The second kappa shape index (κ2) is 15.3. The summed E-state index contributed by atoms with van der Waals surface area (Å²) in [5, 5.41) is 3.78. The van der Waals surface area contributed by atoms with Crippen molar-refractivity contribution < 1.29 is 22.7 Å². The van der Waals surface area contributed by atoms with Crippen molar-refractivity contribution in [3.05, 3.63) is 95.0 Å². The summed E-state index contributed by atoms with van der Waals surface area (Å²) in [5.41, 5.74) is 2.20. The van der Waals surface area contributed by atoms with E-state index in [-0.39, 0.29) is 43.8 Å². The summed E-state index contributed by atoms with van der Waals surface area (Å²) in [4.78, 5) is 29.5. The maximum atomic E-state index is 14.0. The topological polar surface area (TPSA) is 96.0 Å². The van der Waals surface area contributed by atoms with Crippen molar-refractivity contribution in [2.45, 2.75) is 63.6 Å². The first-order valence-corrected chi connectivity index (χ1v) is 16.9. The number of halogens is 1. The summed E-state index contributed by atoms with van der Waals surface area (Å²) in [7, 11) is -2.17. The van der Waals surface area contributed by atoms with Crippen LogP contribution in [0.25, 0.3) is 0 Å². The minimum absolute atomic E-state index is 0.0523. The average molecular weight is 626 g/mol. The van der Waals surface area contributed by atoms with Gasteiger partial charge in [-0.25, -0.2) is 8.42 Å². The lowest BCUT2D eigenvalue weighted by molar-refractivity contribution is -0.141. The Kier molecular flexibility index (Phi) is 11.5. The van der Waals surface area contributed by atoms with Gasteiger partial charge in [-0.1, -0.05) is 79.0 Å². The standard InChI is InChI=1S/C33H40ClN3O5S/c1-42-31-16-9-8-15-29(31)37(43(2,40)41)22-10-17-32(38)36(24-26-18-20-27(34)21-19-26)30(23-25-11-4-3-5-12-25)33(39)35-28-13-6-7-14-28/h3-5,8-9,11-12,15-16,18-21,28,30H,6-7,10,13-14,17,22-24H2,1-2H3,(H,35,39)/t30-/m0/s1. The Morgan fingerprint density at radius 3 is 2.26 bits per heavy atom. The summed E-state index contributed by atoms with van der Waals surface area (Å²) in [6.07, 6.45) is 5.81. The first kappa shape index (κ1) is 32.4. The van der Waals surface area contributed by atoms with Gasteiger partial charge in [0.15, 0.2) is 0 Å². The molecule has 10 heteroatoms. The van der Waals surface area contributed by atoms with E-state index in [9.17, 15) is 18.0 Å². The van der Waals surface area contributed by atoms with Gasteiger partial charge >= 0.3 is 0 Å². The van der Waals surface area contributed by atoms with E-state index < -0.39 is 16.1 Å². The maximum absolute atomic E-state index is 14.0. The van der Waals surface area contributed by atoms with Crippen LogP contribution < -0.4 is 14.4 Å². The van der Waals surface area contributed by atoms with Gasteiger partial charge in [0.05, 0.1) is 19.1 Å². The van der Waals surface area contributed by atoms with Crippen LogP contribution >= 0.6 is 11.6 Å². The Bertz CT molecular complexity index is 1460. The van der Waals surface area contributed by atoms with Gasteiger partial charge in [-0.15, -0.1) is 0 Å². The molecule has 0 saturated heterocycles. The third-order valence-corrected chi connectivity index (χ3v) is 9.18. The summed E-state index contributed by atoms with van der Waals surface area (Å²) in [5.74, 6) is 0.0194. The zero-order chi connectivity index (χ0) is 30.8. The average Bonchev–Trinajstić information content (AvgIpc) is 3.51. The van der Waals surface area contributed by atoms with Crippen molar-refractivity contribution in [3.8, 4) is 5.75 Å². The van der Waals surface area contributed by atoms with Crippen LogP contribution in [-0.2, 0) is 32.6 Å². The van der Waals surface area contributed by atoms with Crippen LogP contribution in [0.5, 0.6) is 5.75 Å². The van der Waals surface area contributed by atoms with E-state index >= 15 is 0 Å². The first-order valence-electron chi connectivity index (χ1n) is 14.6. The van der Waals surface area contributed by atoms with Crippen molar-refractivity contribution in [2.24, 2.45) is 0 Å². The summed E-state index contributed by atoms with van der Waals surface area (Å²) >= 11 is 6.13. The van der Waals surface area contributed by atoms with Gasteiger partial charge in [0.2, 0.25) is 21.8 Å². The van der Waals surface area contributed by atoms with Crippen molar-refractivity contribution in [3.63, 3.8) is 0 Å². The van der Waals surface area contributed by atoms with Crippen molar-refractivity contribution in [1.82, 2.24) is 10.2 Å². The molecule has 1 saturated carbocycles. The third kappa shape index (κ3) is 9.21. The zero-order valence-electron chi connectivity index (χ0n) is 24.7. The lowest BCUT2D eigenvalue weighted by Gasteiger charge is -2.33. The second-order valence-electron chi connectivity index (χ2n) is 11.0. The number of rotatable bonds is 14. The number of benzene rings is 3. The fourth-order valence-electron chi connectivity index (χ4n) is 5.53. The number of amides is 2. The predicted molar refractivity (Wildman–Crippen MR) is 171 cm³/mol. The number of hydrogen-bond donors (Lipinski definition) is 1. The van der Waals surface area contributed by atoms with Crippen LogP contribution in [0.3, 0.4) is 0 Å². The highest BCUT2D eigenvalue weighted by molar-refractivity contribution is 7.92. The molecular weight excluding hydrogens is 586 g/mol. The molecular formula is C33H40ClN3O5S. The summed E-state index contributed by atoms with van der Waals surface area (Å²) in [6, 6.07) is 23.2. The molecule has 0 spiro atoms. The van der Waals surface area contributed by atoms with Crippen LogP contribution in [0.15, 0.2) is 78.9 Å². The molecule has 8 nitrogen and oxygen atoms in total. The lowest BCUT2D eigenvalue weighted by Crippen LogP contribution is -2.52. The fraction of sp³-hybridized carbons (Fsp3) is 0.394. The maximum Gasteiger partial charge on any atom is 0.243 e. The predicted octanol–water partition coefficient (Wildman–Crippen LogP) is 5.59. The number of sulfonamides is 1. The monoisotopic (exact) mass is 625 g/mol. The molecule has 1 aliphatic rings. The molecule has 0 aliphatic heterocycles. The Balaban J connectivity index is 1.59. The molecule has 1 N–H and O–H groups in total. The normalized spacial score (nSPS) is 14.2. The minimum atomic E-state index is -3.65. The Labute approximate surface area is 260 Å². The number of methoxy groups -OCH3 is 1. The Hall–Kier alpha value is -3.56. The van der Waals surface area contributed by atoms with Gasteiger partial charge in [0, 0.05) is 37.0 Å². The fourth-order valence-corrected chi connectivity index (χ4v) is 6.62. The third-order valence-electron chi connectivity index (χ3n) is 7.74. The van der Waals surface area contributed by atoms with Gasteiger partial charge in [0.25, 0.3) is 0 Å². The van der Waals surface area contributed by atoms with E-state index in [0.29, 0.717) is 22.9 Å². The minimum Gasteiger partial charge on any atom is -0.495 e. The van der Waals surface area contributed by atoms with Gasteiger partial charge in [0.1, 0.15) is 11.8 Å². The number of hydrogen-bond acceptors (Lipinski definition) is 5. The largest absolute Gasteiger partial charge is 0.495 e. The number of nitrogens with one attached hydrogen (secondary N) is 1. The van der Waals surface area contributed by atoms with Crippen LogP contribution in [-0.4, -0.2) is 57.1 Å². The van der Waals surface area contributed by atoms with Crippen molar-refractivity contribution in [2.75, 3.05) is 24.2 Å². The first-order chi connectivity index (χ1) is 20.7. The highest BCUT2D eigenvalue weighted by atomic mass is 35.5. The van der Waals surface area contributed by atoms with Gasteiger partial charge in [-0.05, 0) is 54.7 Å². The van der Waals surface area contributed by atoms with Crippen LogP contribution in [0, 0.1) is 0 Å². The molecule has 2 amide bonds. The number of carbonyl (C=O) groups excluding carboxylic acids is 2. The van der Waals surface area contributed by atoms with Crippen molar-refractivity contribution >= 4 is 39.1 Å². The second-order valence-corrected chi connectivity index (χ2v) is 13.3. The van der Waals surface area contributed by atoms with Gasteiger partial charge in [-0.2, -0.15) is 0 Å². The molecule has 1 aliphatic carbocycles. The molecule has 0 aromatic heterocycles. The zero-order valence-corrected chi connectivity index (χ0v) is 26.3. The highest BCUT2D eigenvalue weighted by Gasteiger charge is 2.32. The number of ether oxygens (including phenoxy) is 1. The van der Waals surface area contributed by atoms with E-state index in [0.717, 1.165) is 43.1 Å². The Morgan fingerprint density at radius 1 is 0.953 bits per heavy atom.